The molecule has 2 aromatic carbocycles. The van der Waals surface area contributed by atoms with Crippen LogP contribution < -0.4 is 10.4 Å². The number of rotatable bonds is 17. The van der Waals surface area contributed by atoms with Gasteiger partial charge in [0.05, 0.1) is 54.7 Å². The molecule has 0 unspecified atom stereocenters. The highest BCUT2D eigenvalue weighted by atomic mass is 28.4. The van der Waals surface area contributed by atoms with E-state index in [2.05, 4.69) is 160 Å². The van der Waals surface area contributed by atoms with Crippen molar-refractivity contribution >= 4 is 45.1 Å². The predicted molar refractivity (Wildman–Crippen MR) is 300 cm³/mol. The summed E-state index contributed by atoms with van der Waals surface area (Å²) in [7, 11) is -5.06. The summed E-state index contributed by atoms with van der Waals surface area (Å²) in [6, 6.07) is 21.7. The van der Waals surface area contributed by atoms with Crippen LogP contribution in [0, 0.1) is 24.2 Å². The summed E-state index contributed by atoms with van der Waals surface area (Å²) in [5.41, 5.74) is 3.19. The molecule has 3 aliphatic heterocycles. The Morgan fingerprint density at radius 3 is 2.03 bits per heavy atom. The SMILES string of the molecule is C=C1C[C@H](C[C@@H]2C[C@@H](O[Si](c3ccccc3)(c3ccccc3)C(C)(C)C)C[C@H](c3coc(/C=C/C[C@H]4O[C@@H](/C(C)=C/c5coc(C)n5)[C@H](C)[C@@H](O[Si](C)(C)C(C)(C)C)[C@H]4C)n3)O2)O[C@@H](CCOC(=O)C(C)(C)C)C1. The number of esters is 1. The number of aromatic nitrogens is 2. The molecule has 4 aromatic rings. The topological polar surface area (TPSA) is 125 Å². The van der Waals surface area contributed by atoms with Crippen LogP contribution in [0.1, 0.15) is 157 Å². The number of aryl methyl sites for hydroxylation is 1. The smallest absolute Gasteiger partial charge is 0.311 e. The van der Waals surface area contributed by atoms with Crippen LogP contribution in [0.2, 0.25) is 23.2 Å². The lowest BCUT2D eigenvalue weighted by Crippen LogP contribution is -2.68. The first-order chi connectivity index (χ1) is 34.7. The Morgan fingerprint density at radius 1 is 0.784 bits per heavy atom. The molecule has 0 bridgehead atoms. The van der Waals surface area contributed by atoms with Crippen LogP contribution in [0.25, 0.3) is 12.2 Å². The highest BCUT2D eigenvalue weighted by Crippen LogP contribution is 2.45. The van der Waals surface area contributed by atoms with Crippen LogP contribution in [-0.4, -0.2) is 81.9 Å². The Bertz CT molecular complexity index is 2490. The fraction of sp³-hybridized carbons (Fsp3) is 0.590. The highest BCUT2D eigenvalue weighted by molar-refractivity contribution is 6.99. The van der Waals surface area contributed by atoms with Gasteiger partial charge in [-0.15, -0.1) is 0 Å². The Kier molecular flexibility index (Phi) is 18.3. The predicted octanol–water partition coefficient (Wildman–Crippen LogP) is 13.5. The molecular weight excluding hydrogens is 961 g/mol. The van der Waals surface area contributed by atoms with Crippen molar-refractivity contribution in [2.24, 2.45) is 17.3 Å². The Labute approximate surface area is 445 Å². The Morgan fingerprint density at radius 2 is 1.43 bits per heavy atom. The highest BCUT2D eigenvalue weighted by Gasteiger charge is 2.53. The van der Waals surface area contributed by atoms with Gasteiger partial charge in [0.2, 0.25) is 5.89 Å². The van der Waals surface area contributed by atoms with Gasteiger partial charge in [0.25, 0.3) is 8.32 Å². The molecule has 2 aromatic heterocycles. The van der Waals surface area contributed by atoms with Crippen molar-refractivity contribution in [3.8, 4) is 0 Å². The summed E-state index contributed by atoms with van der Waals surface area (Å²) < 4.78 is 53.5. The lowest BCUT2D eigenvalue weighted by atomic mass is 9.79. The zero-order chi connectivity index (χ0) is 53.8. The molecule has 0 saturated carbocycles. The summed E-state index contributed by atoms with van der Waals surface area (Å²) >= 11 is 0. The largest absolute Gasteiger partial charge is 0.465 e. The maximum atomic E-state index is 12.6. The number of hydrogen-bond acceptors (Lipinski definition) is 11. The maximum absolute atomic E-state index is 12.6. The van der Waals surface area contributed by atoms with Crippen molar-refractivity contribution in [2.75, 3.05) is 6.61 Å². The van der Waals surface area contributed by atoms with Gasteiger partial charge in [0.1, 0.15) is 30.0 Å². The average Bonchev–Trinajstić information content (AvgIpc) is 3.98. The maximum Gasteiger partial charge on any atom is 0.311 e. The number of ether oxygens (including phenoxy) is 4. The van der Waals surface area contributed by atoms with E-state index in [4.69, 9.17) is 41.6 Å². The van der Waals surface area contributed by atoms with Crippen molar-refractivity contribution in [3.05, 3.63) is 120 Å². The summed E-state index contributed by atoms with van der Waals surface area (Å²) in [4.78, 5) is 22.2. The van der Waals surface area contributed by atoms with E-state index in [-0.39, 0.29) is 76.7 Å². The van der Waals surface area contributed by atoms with Gasteiger partial charge in [0.15, 0.2) is 14.2 Å². The molecule has 0 amide bonds. The first kappa shape index (κ1) is 57.5. The summed E-state index contributed by atoms with van der Waals surface area (Å²) in [5, 5.41) is 2.32. The second kappa shape index (κ2) is 23.6. The van der Waals surface area contributed by atoms with Crippen LogP contribution in [0.15, 0.2) is 106 Å². The molecule has 13 heteroatoms. The van der Waals surface area contributed by atoms with E-state index < -0.39 is 22.0 Å². The molecule has 3 aliphatic rings. The van der Waals surface area contributed by atoms with Crippen LogP contribution >= 0.6 is 0 Å². The number of hydrogen-bond donors (Lipinski definition) is 0. The third kappa shape index (κ3) is 13.8. The number of oxazole rings is 2. The summed E-state index contributed by atoms with van der Waals surface area (Å²) in [6.07, 6.45) is 13.1. The third-order valence-corrected chi connectivity index (χ3v) is 25.5. The first-order valence-electron chi connectivity index (χ1n) is 27.2. The molecule has 5 heterocycles. The quantitative estimate of drug-likeness (QED) is 0.0570. The van der Waals surface area contributed by atoms with Crippen LogP contribution in [0.4, 0.5) is 0 Å². The lowest BCUT2D eigenvalue weighted by molar-refractivity contribution is -0.155. The molecule has 10 atom stereocenters. The van der Waals surface area contributed by atoms with Gasteiger partial charge < -0.3 is 36.6 Å². The zero-order valence-corrected chi connectivity index (χ0v) is 49.4. The van der Waals surface area contributed by atoms with Crippen molar-refractivity contribution < 1.29 is 41.4 Å². The Hall–Kier alpha value is -4.22. The third-order valence-electron chi connectivity index (χ3n) is 16.0. The van der Waals surface area contributed by atoms with E-state index >= 15 is 0 Å². The average molecular weight is 1050 g/mol. The minimum absolute atomic E-state index is 0.000264. The monoisotopic (exact) mass is 1050 g/mol. The van der Waals surface area contributed by atoms with Crippen molar-refractivity contribution in [3.63, 3.8) is 0 Å². The molecule has 0 aliphatic carbocycles. The van der Waals surface area contributed by atoms with Gasteiger partial charge >= 0.3 is 5.97 Å². The number of nitrogens with zero attached hydrogens (tertiary/aromatic N) is 2. The van der Waals surface area contributed by atoms with E-state index in [0.717, 1.165) is 35.4 Å². The minimum Gasteiger partial charge on any atom is -0.465 e. The van der Waals surface area contributed by atoms with Crippen molar-refractivity contribution in [1.29, 1.82) is 0 Å². The second-order valence-electron chi connectivity index (χ2n) is 25.2. The minimum atomic E-state index is -2.93. The van der Waals surface area contributed by atoms with E-state index in [1.807, 2.05) is 33.8 Å². The van der Waals surface area contributed by atoms with Crippen molar-refractivity contribution in [2.45, 2.75) is 207 Å². The molecule has 11 nitrogen and oxygen atoms in total. The lowest BCUT2D eigenvalue weighted by Gasteiger charge is -2.49. The van der Waals surface area contributed by atoms with Crippen LogP contribution in [-0.2, 0) is 32.6 Å². The fourth-order valence-corrected chi connectivity index (χ4v) is 17.1. The number of carbonyl (C=O) groups excluding carboxylic acids is 1. The molecule has 0 N–H and O–H groups in total. The number of benzene rings is 2. The fourth-order valence-electron chi connectivity index (χ4n) is 11.0. The first-order valence-corrected chi connectivity index (χ1v) is 32.0. The molecule has 7 rings (SSSR count). The van der Waals surface area contributed by atoms with Crippen LogP contribution in [0.5, 0.6) is 0 Å². The molecule has 0 radical (unpaired) electrons. The normalized spacial score (nSPS) is 26.9. The van der Waals surface area contributed by atoms with Gasteiger partial charge in [-0.1, -0.05) is 134 Å². The molecular formula is C61H88N2O9Si2. The van der Waals surface area contributed by atoms with Gasteiger partial charge in [-0.2, -0.15) is 0 Å². The van der Waals surface area contributed by atoms with E-state index in [1.165, 1.54) is 10.4 Å². The summed E-state index contributed by atoms with van der Waals surface area (Å²) in [6.45, 7) is 37.4. The standard InChI is InChI=1S/C61H88N2O9Si2/c1-40-32-46(30-31-65-58(64)59(6,7)8)68-47(33-40)35-48-36-49(71-74(61(12,13)14,50-24-19-17-20-25-50)51-26-21-18-22-27-51)37-54(69-48)52-39-67-55(63-52)29-23-28-53-42(3)57(72-73(15,16)60(9,10)11)43(4)56(70-53)41(2)34-45-38-66-44(5)62-45/h17-27,29,34,38-39,42-43,46-49,53-54,56-57H,1,28,30-33,35-37H2,2-16H3/b29-23+,41-34+/t42-,43-,46-,47+,48+,49+,53+,54+,56-,57-/m0/s1. The molecule has 404 valence electrons. The van der Waals surface area contributed by atoms with E-state index in [9.17, 15) is 4.79 Å². The van der Waals surface area contributed by atoms with Gasteiger partial charge in [0, 0.05) is 38.0 Å². The Balaban J connectivity index is 1.14. The summed E-state index contributed by atoms with van der Waals surface area (Å²) in [5.74, 6) is 1.19. The van der Waals surface area contributed by atoms with Gasteiger partial charge in [-0.05, 0) is 105 Å². The molecule has 3 fully saturated rings. The molecule has 74 heavy (non-hydrogen) atoms. The molecule has 0 spiro atoms. The van der Waals surface area contributed by atoms with Crippen molar-refractivity contribution in [1.82, 2.24) is 9.97 Å². The number of carbonyl (C=O) groups is 1. The van der Waals surface area contributed by atoms with E-state index in [0.29, 0.717) is 50.5 Å². The van der Waals surface area contributed by atoms with Gasteiger partial charge in [-0.25, -0.2) is 9.97 Å². The molecule has 3 saturated heterocycles. The zero-order valence-electron chi connectivity index (χ0n) is 47.4. The second-order valence-corrected chi connectivity index (χ2v) is 34.2. The van der Waals surface area contributed by atoms with Crippen LogP contribution in [0.3, 0.4) is 0 Å². The van der Waals surface area contributed by atoms with Gasteiger partial charge in [-0.3, -0.25) is 4.79 Å². The van der Waals surface area contributed by atoms with E-state index in [1.54, 1.807) is 12.5 Å².